The van der Waals surface area contributed by atoms with Gasteiger partial charge in [0.05, 0.1) is 0 Å². The molecule has 2 rings (SSSR count). The summed E-state index contributed by atoms with van der Waals surface area (Å²) in [6.45, 7) is 3.48. The van der Waals surface area contributed by atoms with Gasteiger partial charge < -0.3 is 5.32 Å². The van der Waals surface area contributed by atoms with Crippen molar-refractivity contribution in [3.8, 4) is 0 Å². The van der Waals surface area contributed by atoms with E-state index in [-0.39, 0.29) is 0 Å². The molecule has 1 fully saturated rings. The first-order chi connectivity index (χ1) is 6.90. The van der Waals surface area contributed by atoms with Crippen molar-refractivity contribution in [3.05, 3.63) is 35.9 Å². The van der Waals surface area contributed by atoms with Crippen molar-refractivity contribution < 1.29 is 0 Å². The second-order valence-corrected chi connectivity index (χ2v) is 4.21. The molecule has 0 aromatic heterocycles. The normalized spacial score (nSPS) is 26.6. The first-order valence-electron chi connectivity index (χ1n) is 5.67. The zero-order valence-electron chi connectivity index (χ0n) is 8.87. The Hall–Kier alpha value is -0.820. The lowest BCUT2D eigenvalue weighted by molar-refractivity contribution is 0.434. The third kappa shape index (κ3) is 2.16. The van der Waals surface area contributed by atoms with E-state index in [0.717, 1.165) is 12.0 Å². The molecular formula is C13H19N. The van der Waals surface area contributed by atoms with Gasteiger partial charge in [0.1, 0.15) is 0 Å². The topological polar surface area (TPSA) is 12.0 Å². The average molecular weight is 189 g/mol. The summed E-state index contributed by atoms with van der Waals surface area (Å²) in [4.78, 5) is 0. The average Bonchev–Trinajstić information content (AvgIpc) is 2.67. The molecule has 1 aliphatic heterocycles. The van der Waals surface area contributed by atoms with Crippen LogP contribution >= 0.6 is 0 Å². The van der Waals surface area contributed by atoms with Gasteiger partial charge in [0, 0.05) is 6.04 Å². The summed E-state index contributed by atoms with van der Waals surface area (Å²) < 4.78 is 0. The van der Waals surface area contributed by atoms with E-state index in [1.807, 2.05) is 0 Å². The van der Waals surface area contributed by atoms with E-state index in [0.29, 0.717) is 0 Å². The molecule has 1 N–H and O–H groups in total. The largest absolute Gasteiger partial charge is 0.314 e. The summed E-state index contributed by atoms with van der Waals surface area (Å²) in [6.07, 6.45) is 3.84. The minimum atomic E-state index is 0.746. The third-order valence-electron chi connectivity index (χ3n) is 3.27. The van der Waals surface area contributed by atoms with Crippen LogP contribution in [0.15, 0.2) is 30.3 Å². The molecule has 1 nitrogen and oxygen atoms in total. The van der Waals surface area contributed by atoms with Crippen molar-refractivity contribution in [2.45, 2.75) is 32.2 Å². The molecular weight excluding hydrogens is 170 g/mol. The van der Waals surface area contributed by atoms with E-state index in [2.05, 4.69) is 42.6 Å². The monoisotopic (exact) mass is 189 g/mol. The van der Waals surface area contributed by atoms with E-state index in [4.69, 9.17) is 0 Å². The van der Waals surface area contributed by atoms with Gasteiger partial charge in [0.2, 0.25) is 0 Å². The van der Waals surface area contributed by atoms with Crippen molar-refractivity contribution in [1.82, 2.24) is 5.32 Å². The lowest BCUT2D eigenvalue weighted by Gasteiger charge is -2.17. The van der Waals surface area contributed by atoms with Crippen LogP contribution in [0, 0.1) is 5.92 Å². The first kappa shape index (κ1) is 9.72. The molecule has 1 saturated heterocycles. The standard InChI is InChI=1S/C13H19N/c1-2-13-12(8-9-14-13)10-11-6-4-3-5-7-11/h3-7,12-14H,2,8-10H2,1H3/t12-,13-/m1/s1. The Kier molecular flexibility index (Phi) is 3.20. The van der Waals surface area contributed by atoms with Crippen molar-refractivity contribution in [2.75, 3.05) is 6.54 Å². The van der Waals surface area contributed by atoms with E-state index >= 15 is 0 Å². The van der Waals surface area contributed by atoms with Crippen LogP contribution in [0.1, 0.15) is 25.3 Å². The highest BCUT2D eigenvalue weighted by atomic mass is 14.9. The van der Waals surface area contributed by atoms with E-state index < -0.39 is 0 Å². The molecule has 0 bridgehead atoms. The lowest BCUT2D eigenvalue weighted by Crippen LogP contribution is -2.26. The van der Waals surface area contributed by atoms with Gasteiger partial charge in [-0.05, 0) is 37.3 Å². The summed E-state index contributed by atoms with van der Waals surface area (Å²) in [6, 6.07) is 11.6. The van der Waals surface area contributed by atoms with E-state index in [9.17, 15) is 0 Å². The minimum absolute atomic E-state index is 0.746. The summed E-state index contributed by atoms with van der Waals surface area (Å²) >= 11 is 0. The number of hydrogen-bond acceptors (Lipinski definition) is 1. The van der Waals surface area contributed by atoms with Crippen LogP contribution in [0.5, 0.6) is 0 Å². The quantitative estimate of drug-likeness (QED) is 0.770. The molecule has 1 heteroatoms. The van der Waals surface area contributed by atoms with Gasteiger partial charge in [-0.2, -0.15) is 0 Å². The van der Waals surface area contributed by atoms with Crippen LogP contribution in [0.3, 0.4) is 0 Å². The number of rotatable bonds is 3. The zero-order valence-corrected chi connectivity index (χ0v) is 8.87. The number of hydrogen-bond donors (Lipinski definition) is 1. The second-order valence-electron chi connectivity index (χ2n) is 4.21. The van der Waals surface area contributed by atoms with Crippen LogP contribution in [-0.2, 0) is 6.42 Å². The van der Waals surface area contributed by atoms with Crippen molar-refractivity contribution >= 4 is 0 Å². The maximum atomic E-state index is 3.58. The second kappa shape index (κ2) is 4.61. The molecule has 0 saturated carbocycles. The minimum Gasteiger partial charge on any atom is -0.314 e. The van der Waals surface area contributed by atoms with E-state index in [1.165, 1.54) is 31.4 Å². The Morgan fingerprint density at radius 3 is 2.79 bits per heavy atom. The third-order valence-corrected chi connectivity index (χ3v) is 3.27. The van der Waals surface area contributed by atoms with Crippen LogP contribution in [-0.4, -0.2) is 12.6 Å². The molecule has 1 heterocycles. The predicted molar refractivity (Wildman–Crippen MR) is 60.3 cm³/mol. The molecule has 76 valence electrons. The lowest BCUT2D eigenvalue weighted by atomic mass is 9.91. The molecule has 2 atom stereocenters. The molecule has 14 heavy (non-hydrogen) atoms. The molecule has 0 unspecified atom stereocenters. The fraction of sp³-hybridized carbons (Fsp3) is 0.538. The maximum absolute atomic E-state index is 3.58. The summed E-state index contributed by atoms with van der Waals surface area (Å²) in [5.74, 6) is 0.849. The molecule has 0 aliphatic carbocycles. The van der Waals surface area contributed by atoms with Crippen LogP contribution in [0.4, 0.5) is 0 Å². The maximum Gasteiger partial charge on any atom is 0.00963 e. The van der Waals surface area contributed by atoms with Crippen molar-refractivity contribution in [3.63, 3.8) is 0 Å². The molecule has 1 aromatic carbocycles. The Labute approximate surface area is 86.5 Å². The van der Waals surface area contributed by atoms with Gasteiger partial charge in [0.15, 0.2) is 0 Å². The highest BCUT2D eigenvalue weighted by Crippen LogP contribution is 2.22. The zero-order chi connectivity index (χ0) is 9.80. The highest BCUT2D eigenvalue weighted by molar-refractivity contribution is 5.16. The Morgan fingerprint density at radius 1 is 1.29 bits per heavy atom. The Bertz CT molecular complexity index is 268. The van der Waals surface area contributed by atoms with Gasteiger partial charge in [0.25, 0.3) is 0 Å². The molecule has 1 aromatic rings. The van der Waals surface area contributed by atoms with E-state index in [1.54, 1.807) is 0 Å². The van der Waals surface area contributed by atoms with Crippen molar-refractivity contribution in [2.24, 2.45) is 5.92 Å². The van der Waals surface area contributed by atoms with Crippen molar-refractivity contribution in [1.29, 1.82) is 0 Å². The Balaban J connectivity index is 1.97. The highest BCUT2D eigenvalue weighted by Gasteiger charge is 2.24. The molecule has 1 aliphatic rings. The SMILES string of the molecule is CC[C@H]1NCC[C@@H]1Cc1ccccc1. The van der Waals surface area contributed by atoms with Gasteiger partial charge in [-0.25, -0.2) is 0 Å². The predicted octanol–water partition coefficient (Wildman–Crippen LogP) is 2.62. The molecule has 0 spiro atoms. The van der Waals surface area contributed by atoms with Gasteiger partial charge >= 0.3 is 0 Å². The van der Waals surface area contributed by atoms with Gasteiger partial charge in [-0.1, -0.05) is 37.3 Å². The fourth-order valence-corrected chi connectivity index (χ4v) is 2.46. The van der Waals surface area contributed by atoms with Gasteiger partial charge in [-0.3, -0.25) is 0 Å². The number of benzene rings is 1. The fourth-order valence-electron chi connectivity index (χ4n) is 2.46. The number of nitrogens with one attached hydrogen (secondary N) is 1. The van der Waals surface area contributed by atoms with Crippen LogP contribution < -0.4 is 5.32 Å². The Morgan fingerprint density at radius 2 is 2.07 bits per heavy atom. The summed E-state index contributed by atoms with van der Waals surface area (Å²) in [7, 11) is 0. The van der Waals surface area contributed by atoms with Gasteiger partial charge in [-0.15, -0.1) is 0 Å². The van der Waals surface area contributed by atoms with Crippen LogP contribution in [0.25, 0.3) is 0 Å². The molecule has 0 radical (unpaired) electrons. The molecule has 0 amide bonds. The smallest absolute Gasteiger partial charge is 0.00963 e. The first-order valence-corrected chi connectivity index (χ1v) is 5.67. The summed E-state index contributed by atoms with van der Waals surface area (Å²) in [5.41, 5.74) is 1.49. The summed E-state index contributed by atoms with van der Waals surface area (Å²) in [5, 5.41) is 3.58. The van der Waals surface area contributed by atoms with Crippen LogP contribution in [0.2, 0.25) is 0 Å².